The van der Waals surface area contributed by atoms with E-state index in [0.29, 0.717) is 5.69 Å². The van der Waals surface area contributed by atoms with Crippen LogP contribution in [0.2, 0.25) is 0 Å². The van der Waals surface area contributed by atoms with Gasteiger partial charge >= 0.3 is 6.03 Å². The Morgan fingerprint density at radius 1 is 1.12 bits per heavy atom. The number of amides is 2. The number of carbonyl (C=O) groups excluding carboxylic acids is 2. The maximum Gasteiger partial charge on any atom is 0.320 e. The van der Waals surface area contributed by atoms with Crippen molar-refractivity contribution in [2.75, 3.05) is 5.32 Å². The van der Waals surface area contributed by atoms with E-state index in [2.05, 4.69) is 10.6 Å². The Morgan fingerprint density at radius 3 is 2.59 bits per heavy atom. The van der Waals surface area contributed by atoms with Crippen LogP contribution >= 0.6 is 0 Å². The average Bonchev–Trinajstić information content (AvgIpc) is 2.33. The van der Waals surface area contributed by atoms with Crippen molar-refractivity contribution in [1.29, 1.82) is 0 Å². The second-order valence-corrected chi connectivity index (χ2v) is 3.59. The van der Waals surface area contributed by atoms with Gasteiger partial charge in [-0.2, -0.15) is 0 Å². The fraction of sp³-hybridized carbons (Fsp3) is 0.0769. The van der Waals surface area contributed by atoms with Crippen molar-refractivity contribution < 1.29 is 9.59 Å². The van der Waals surface area contributed by atoms with Crippen molar-refractivity contribution in [3.05, 3.63) is 54.6 Å². The number of benzene rings is 1. The van der Waals surface area contributed by atoms with Gasteiger partial charge in [0.15, 0.2) is 5.78 Å². The Balaban J connectivity index is 1.92. The number of urea groups is 1. The third-order valence-electron chi connectivity index (χ3n) is 2.30. The highest BCUT2D eigenvalue weighted by molar-refractivity contribution is 6.01. The third kappa shape index (κ3) is 3.04. The van der Waals surface area contributed by atoms with Crippen LogP contribution in [-0.2, 0) is 4.79 Å². The van der Waals surface area contributed by atoms with Gasteiger partial charge in [0.1, 0.15) is 6.04 Å². The van der Waals surface area contributed by atoms with Crippen LogP contribution in [0, 0.1) is 0 Å². The van der Waals surface area contributed by atoms with Gasteiger partial charge in [0.05, 0.1) is 0 Å². The molecule has 2 rings (SSSR count). The van der Waals surface area contributed by atoms with E-state index in [1.54, 1.807) is 30.4 Å². The summed E-state index contributed by atoms with van der Waals surface area (Å²) in [6, 6.07) is 8.09. The molecule has 0 aliphatic heterocycles. The largest absolute Gasteiger partial charge is 0.324 e. The molecule has 0 bridgehead atoms. The molecule has 2 N–H and O–H groups in total. The van der Waals surface area contributed by atoms with E-state index in [1.165, 1.54) is 6.08 Å². The molecule has 1 aromatic rings. The lowest BCUT2D eigenvalue weighted by atomic mass is 10.1. The first-order chi connectivity index (χ1) is 8.25. The molecule has 1 aromatic carbocycles. The van der Waals surface area contributed by atoms with Gasteiger partial charge in [0.25, 0.3) is 0 Å². The van der Waals surface area contributed by atoms with E-state index in [4.69, 9.17) is 0 Å². The fourth-order valence-corrected chi connectivity index (χ4v) is 1.47. The number of rotatable bonds is 2. The van der Waals surface area contributed by atoms with Crippen LogP contribution in [-0.4, -0.2) is 17.9 Å². The lowest BCUT2D eigenvalue weighted by Crippen LogP contribution is -2.41. The highest BCUT2D eigenvalue weighted by Crippen LogP contribution is 2.05. The molecule has 2 amide bonds. The van der Waals surface area contributed by atoms with Crippen LogP contribution < -0.4 is 10.6 Å². The Labute approximate surface area is 99.0 Å². The lowest BCUT2D eigenvalue weighted by molar-refractivity contribution is -0.115. The molecular formula is C13H12N2O2. The van der Waals surface area contributed by atoms with E-state index >= 15 is 0 Å². The zero-order valence-corrected chi connectivity index (χ0v) is 9.09. The molecule has 1 aliphatic rings. The van der Waals surface area contributed by atoms with Crippen molar-refractivity contribution in [3.63, 3.8) is 0 Å². The summed E-state index contributed by atoms with van der Waals surface area (Å²) in [6.07, 6.45) is 6.46. The topological polar surface area (TPSA) is 58.2 Å². The predicted octanol–water partition coefficient (Wildman–Crippen LogP) is 1.87. The molecule has 1 unspecified atom stereocenters. The smallest absolute Gasteiger partial charge is 0.320 e. The first-order valence-electron chi connectivity index (χ1n) is 5.27. The van der Waals surface area contributed by atoms with Gasteiger partial charge in [-0.1, -0.05) is 36.4 Å². The number of carbonyl (C=O) groups is 2. The highest BCUT2D eigenvalue weighted by atomic mass is 16.2. The highest BCUT2D eigenvalue weighted by Gasteiger charge is 2.16. The Bertz CT molecular complexity index is 477. The van der Waals surface area contributed by atoms with Crippen LogP contribution in [0.5, 0.6) is 0 Å². The van der Waals surface area contributed by atoms with Crippen molar-refractivity contribution in [2.24, 2.45) is 0 Å². The minimum atomic E-state index is -0.580. The molecule has 1 aliphatic carbocycles. The maximum absolute atomic E-state index is 11.6. The Morgan fingerprint density at radius 2 is 1.88 bits per heavy atom. The molecule has 0 fully saturated rings. The number of para-hydroxylation sites is 1. The molecule has 0 radical (unpaired) electrons. The van der Waals surface area contributed by atoms with Crippen LogP contribution in [0.3, 0.4) is 0 Å². The molecule has 0 saturated heterocycles. The van der Waals surface area contributed by atoms with Gasteiger partial charge in [0, 0.05) is 5.69 Å². The van der Waals surface area contributed by atoms with Crippen LogP contribution in [0.25, 0.3) is 0 Å². The van der Waals surface area contributed by atoms with Gasteiger partial charge in [-0.3, -0.25) is 4.79 Å². The molecule has 17 heavy (non-hydrogen) atoms. The molecule has 0 heterocycles. The zero-order chi connectivity index (χ0) is 12.1. The number of hydrogen-bond acceptors (Lipinski definition) is 2. The van der Waals surface area contributed by atoms with Gasteiger partial charge in [-0.05, 0) is 18.2 Å². The molecule has 0 spiro atoms. The van der Waals surface area contributed by atoms with Crippen LogP contribution in [0.1, 0.15) is 0 Å². The number of hydrogen-bond donors (Lipinski definition) is 2. The number of allylic oxidation sites excluding steroid dienone is 2. The fourth-order valence-electron chi connectivity index (χ4n) is 1.47. The zero-order valence-electron chi connectivity index (χ0n) is 9.09. The Kier molecular flexibility index (Phi) is 3.35. The maximum atomic E-state index is 11.6. The molecule has 1 atom stereocenters. The molecule has 4 heteroatoms. The summed E-state index contributed by atoms with van der Waals surface area (Å²) >= 11 is 0. The number of ketones is 1. The SMILES string of the molecule is O=C(Nc1ccccc1)NC1C=CC=CC1=O. The van der Waals surface area contributed by atoms with Gasteiger partial charge in [-0.15, -0.1) is 0 Å². The minimum absolute atomic E-state index is 0.129. The van der Waals surface area contributed by atoms with Gasteiger partial charge in [0.2, 0.25) is 0 Å². The molecule has 4 nitrogen and oxygen atoms in total. The summed E-state index contributed by atoms with van der Waals surface area (Å²) < 4.78 is 0. The second-order valence-electron chi connectivity index (χ2n) is 3.59. The molecule has 0 aromatic heterocycles. The van der Waals surface area contributed by atoms with Crippen molar-refractivity contribution in [3.8, 4) is 0 Å². The van der Waals surface area contributed by atoms with Crippen molar-refractivity contribution in [2.45, 2.75) is 6.04 Å². The third-order valence-corrected chi connectivity index (χ3v) is 2.30. The normalized spacial score (nSPS) is 17.9. The standard InChI is InChI=1S/C13H12N2O2/c16-12-9-5-4-8-11(12)15-13(17)14-10-6-2-1-3-7-10/h1-9,11H,(H2,14,15,17). The first-order valence-corrected chi connectivity index (χ1v) is 5.27. The minimum Gasteiger partial charge on any atom is -0.324 e. The van der Waals surface area contributed by atoms with E-state index in [9.17, 15) is 9.59 Å². The summed E-state index contributed by atoms with van der Waals surface area (Å²) in [7, 11) is 0. The van der Waals surface area contributed by atoms with Crippen LogP contribution in [0.4, 0.5) is 10.5 Å². The second kappa shape index (κ2) is 5.12. The van der Waals surface area contributed by atoms with E-state index in [-0.39, 0.29) is 5.78 Å². The van der Waals surface area contributed by atoms with Gasteiger partial charge in [-0.25, -0.2) is 4.79 Å². The Hall–Kier alpha value is -2.36. The van der Waals surface area contributed by atoms with Crippen LogP contribution in [0.15, 0.2) is 54.6 Å². The summed E-state index contributed by atoms with van der Waals surface area (Å²) in [5.41, 5.74) is 0.688. The van der Waals surface area contributed by atoms with E-state index < -0.39 is 12.1 Å². The summed E-state index contributed by atoms with van der Waals surface area (Å²) in [4.78, 5) is 23.0. The first kappa shape index (κ1) is 11.1. The van der Waals surface area contributed by atoms with Crippen molar-refractivity contribution >= 4 is 17.5 Å². The molecule has 86 valence electrons. The lowest BCUT2D eigenvalue weighted by Gasteiger charge is -2.14. The van der Waals surface area contributed by atoms with E-state index in [0.717, 1.165) is 0 Å². The number of nitrogens with one attached hydrogen (secondary N) is 2. The molecular weight excluding hydrogens is 216 g/mol. The van der Waals surface area contributed by atoms with E-state index in [1.807, 2.05) is 18.2 Å². The molecule has 0 saturated carbocycles. The average molecular weight is 228 g/mol. The predicted molar refractivity (Wildman–Crippen MR) is 65.7 cm³/mol. The van der Waals surface area contributed by atoms with Gasteiger partial charge < -0.3 is 10.6 Å². The monoisotopic (exact) mass is 228 g/mol. The quantitative estimate of drug-likeness (QED) is 0.811. The summed E-state index contributed by atoms with van der Waals surface area (Å²) in [6.45, 7) is 0. The van der Waals surface area contributed by atoms with Crippen molar-refractivity contribution in [1.82, 2.24) is 5.32 Å². The summed E-state index contributed by atoms with van der Waals surface area (Å²) in [5, 5.41) is 5.23. The summed E-state index contributed by atoms with van der Waals surface area (Å²) in [5.74, 6) is -0.129. The number of anilines is 1.